The smallest absolute Gasteiger partial charge is 0.319 e. The highest BCUT2D eigenvalue weighted by Gasteiger charge is 2.40. The Balaban J connectivity index is 1.72. The average molecular weight is 363 g/mol. The third kappa shape index (κ3) is 3.14. The van der Waals surface area contributed by atoms with Crippen molar-refractivity contribution in [1.29, 1.82) is 0 Å². The first-order valence-corrected chi connectivity index (χ1v) is 7.97. The molecular formula is C17H16BrFN2O. The molecule has 1 aliphatic rings. The second-order valence-corrected chi connectivity index (χ2v) is 6.45. The molecule has 2 aromatic carbocycles. The highest BCUT2D eigenvalue weighted by Crippen LogP contribution is 2.41. The van der Waals surface area contributed by atoms with Crippen LogP contribution in [0.15, 0.2) is 53.0 Å². The Kier molecular flexibility index (Phi) is 4.16. The number of hydrogen-bond acceptors (Lipinski definition) is 1. The maximum absolute atomic E-state index is 12.9. The minimum atomic E-state index is -0.324. The summed E-state index contributed by atoms with van der Waals surface area (Å²) in [6.45, 7) is 0. The summed E-state index contributed by atoms with van der Waals surface area (Å²) in [6.07, 6.45) is 2.92. The van der Waals surface area contributed by atoms with E-state index in [0.29, 0.717) is 5.69 Å². The maximum Gasteiger partial charge on any atom is 0.319 e. The fraction of sp³-hybridized carbons (Fsp3) is 0.235. The van der Waals surface area contributed by atoms with Crippen molar-refractivity contribution in [2.24, 2.45) is 0 Å². The van der Waals surface area contributed by atoms with Gasteiger partial charge < -0.3 is 10.6 Å². The summed E-state index contributed by atoms with van der Waals surface area (Å²) in [5.74, 6) is -0.324. The molecule has 3 nitrogen and oxygen atoms in total. The molecule has 0 aliphatic heterocycles. The zero-order chi connectivity index (χ0) is 15.6. The van der Waals surface area contributed by atoms with Crippen molar-refractivity contribution in [3.05, 3.63) is 64.4 Å². The lowest BCUT2D eigenvalue weighted by molar-refractivity contribution is 0.185. The predicted octanol–water partition coefficient (Wildman–Crippen LogP) is 4.79. The summed E-state index contributed by atoms with van der Waals surface area (Å²) in [5, 5.41) is 5.82. The van der Waals surface area contributed by atoms with Gasteiger partial charge in [0.25, 0.3) is 0 Å². The molecule has 5 heteroatoms. The number of rotatable bonds is 3. The normalized spacial score (nSPS) is 15.7. The molecule has 0 unspecified atom stereocenters. The fourth-order valence-corrected chi connectivity index (χ4v) is 3.11. The lowest BCUT2D eigenvalue weighted by Crippen LogP contribution is -2.52. The van der Waals surface area contributed by atoms with Crippen molar-refractivity contribution in [1.82, 2.24) is 5.32 Å². The molecule has 0 atom stereocenters. The number of hydrogen-bond donors (Lipinski definition) is 2. The number of carbonyl (C=O) groups is 1. The van der Waals surface area contributed by atoms with Gasteiger partial charge in [-0.25, -0.2) is 9.18 Å². The van der Waals surface area contributed by atoms with Crippen LogP contribution in [0.5, 0.6) is 0 Å². The van der Waals surface area contributed by atoms with Crippen LogP contribution in [0.1, 0.15) is 24.8 Å². The standard InChI is InChI=1S/C17H16BrFN2O/c18-13-4-1-3-12(11-13)17(9-2-10-17)21-16(22)20-15-7-5-14(19)6-8-15/h1,3-8,11H,2,9-10H2,(H2,20,21,22). The molecule has 0 saturated heterocycles. The second kappa shape index (κ2) is 6.08. The van der Waals surface area contributed by atoms with E-state index in [1.54, 1.807) is 12.1 Å². The number of nitrogens with one attached hydrogen (secondary N) is 2. The quantitative estimate of drug-likeness (QED) is 0.809. The first kappa shape index (κ1) is 15.0. The van der Waals surface area contributed by atoms with Crippen LogP contribution in [-0.4, -0.2) is 6.03 Å². The third-order valence-corrected chi connectivity index (χ3v) is 4.53. The largest absolute Gasteiger partial charge is 0.328 e. The third-order valence-electron chi connectivity index (χ3n) is 4.04. The number of halogens is 2. The average Bonchev–Trinajstić information content (AvgIpc) is 2.45. The van der Waals surface area contributed by atoms with Gasteiger partial charge in [-0.1, -0.05) is 28.1 Å². The van der Waals surface area contributed by atoms with Crippen molar-refractivity contribution in [2.75, 3.05) is 5.32 Å². The first-order valence-electron chi connectivity index (χ1n) is 7.18. The predicted molar refractivity (Wildman–Crippen MR) is 88.2 cm³/mol. The molecule has 0 heterocycles. The van der Waals surface area contributed by atoms with E-state index in [9.17, 15) is 9.18 Å². The topological polar surface area (TPSA) is 41.1 Å². The van der Waals surface area contributed by atoms with Crippen molar-refractivity contribution >= 4 is 27.6 Å². The molecule has 1 aliphatic carbocycles. The molecule has 0 bridgehead atoms. The van der Waals surface area contributed by atoms with Crippen LogP contribution in [0.25, 0.3) is 0 Å². The van der Waals surface area contributed by atoms with E-state index in [0.717, 1.165) is 29.3 Å². The van der Waals surface area contributed by atoms with Crippen LogP contribution in [0, 0.1) is 5.82 Å². The van der Waals surface area contributed by atoms with E-state index < -0.39 is 0 Å². The lowest BCUT2D eigenvalue weighted by Gasteiger charge is -2.43. The van der Waals surface area contributed by atoms with Crippen molar-refractivity contribution in [3.8, 4) is 0 Å². The highest BCUT2D eigenvalue weighted by atomic mass is 79.9. The number of urea groups is 1. The Morgan fingerprint density at radius 1 is 1.14 bits per heavy atom. The summed E-state index contributed by atoms with van der Waals surface area (Å²) < 4.78 is 13.9. The number of amides is 2. The van der Waals surface area contributed by atoms with Crippen LogP contribution in [-0.2, 0) is 5.54 Å². The number of benzene rings is 2. The summed E-state index contributed by atoms with van der Waals surface area (Å²) >= 11 is 3.47. The van der Waals surface area contributed by atoms with Crippen LogP contribution < -0.4 is 10.6 Å². The summed E-state index contributed by atoms with van der Waals surface area (Å²) in [4.78, 5) is 12.2. The first-order chi connectivity index (χ1) is 10.6. The van der Waals surface area contributed by atoms with Gasteiger partial charge in [-0.3, -0.25) is 0 Å². The zero-order valence-electron chi connectivity index (χ0n) is 11.9. The molecular weight excluding hydrogens is 347 g/mol. The lowest BCUT2D eigenvalue weighted by atomic mass is 9.72. The molecule has 2 amide bonds. The van der Waals surface area contributed by atoms with Gasteiger partial charge in [0.05, 0.1) is 5.54 Å². The van der Waals surface area contributed by atoms with Gasteiger partial charge in [0.2, 0.25) is 0 Å². The van der Waals surface area contributed by atoms with Crippen LogP contribution in [0.4, 0.5) is 14.9 Å². The van der Waals surface area contributed by atoms with Crippen LogP contribution in [0.2, 0.25) is 0 Å². The second-order valence-electron chi connectivity index (χ2n) is 5.53. The van der Waals surface area contributed by atoms with Crippen molar-refractivity contribution < 1.29 is 9.18 Å². The van der Waals surface area contributed by atoms with E-state index in [2.05, 4.69) is 26.6 Å². The van der Waals surface area contributed by atoms with Crippen LogP contribution >= 0.6 is 15.9 Å². The molecule has 1 saturated carbocycles. The Labute approximate surface area is 137 Å². The van der Waals surface area contributed by atoms with Crippen molar-refractivity contribution in [2.45, 2.75) is 24.8 Å². The zero-order valence-corrected chi connectivity index (χ0v) is 13.5. The van der Waals surface area contributed by atoms with Gasteiger partial charge in [0.1, 0.15) is 5.82 Å². The maximum atomic E-state index is 12.9. The van der Waals surface area contributed by atoms with Gasteiger partial charge in [0, 0.05) is 10.2 Å². The Morgan fingerprint density at radius 2 is 1.86 bits per heavy atom. The van der Waals surface area contributed by atoms with Gasteiger partial charge in [-0.05, 0) is 61.2 Å². The molecule has 0 spiro atoms. The monoisotopic (exact) mass is 362 g/mol. The summed E-state index contributed by atoms with van der Waals surface area (Å²) in [7, 11) is 0. The van der Waals surface area contributed by atoms with E-state index in [1.807, 2.05) is 24.3 Å². The number of carbonyl (C=O) groups excluding carboxylic acids is 1. The minimum absolute atomic E-state index is 0.272. The fourth-order valence-electron chi connectivity index (χ4n) is 2.72. The molecule has 2 N–H and O–H groups in total. The molecule has 114 valence electrons. The van der Waals surface area contributed by atoms with Gasteiger partial charge in [0.15, 0.2) is 0 Å². The van der Waals surface area contributed by atoms with E-state index in [-0.39, 0.29) is 17.4 Å². The van der Waals surface area contributed by atoms with E-state index >= 15 is 0 Å². The molecule has 1 fully saturated rings. The van der Waals surface area contributed by atoms with Crippen LogP contribution in [0.3, 0.4) is 0 Å². The summed E-state index contributed by atoms with van der Waals surface area (Å²) in [6, 6.07) is 13.5. The Morgan fingerprint density at radius 3 is 2.45 bits per heavy atom. The molecule has 3 rings (SSSR count). The van der Waals surface area contributed by atoms with E-state index in [4.69, 9.17) is 0 Å². The molecule has 0 radical (unpaired) electrons. The minimum Gasteiger partial charge on any atom is -0.328 e. The SMILES string of the molecule is O=C(Nc1ccc(F)cc1)NC1(c2cccc(Br)c2)CCC1. The number of anilines is 1. The van der Waals surface area contributed by atoms with E-state index in [1.165, 1.54) is 12.1 Å². The Bertz CT molecular complexity index is 683. The van der Waals surface area contributed by atoms with Crippen molar-refractivity contribution in [3.63, 3.8) is 0 Å². The van der Waals surface area contributed by atoms with Gasteiger partial charge in [-0.2, -0.15) is 0 Å². The molecule has 22 heavy (non-hydrogen) atoms. The van der Waals surface area contributed by atoms with Gasteiger partial charge >= 0.3 is 6.03 Å². The molecule has 2 aromatic rings. The Hall–Kier alpha value is -1.88. The van der Waals surface area contributed by atoms with Gasteiger partial charge in [-0.15, -0.1) is 0 Å². The molecule has 0 aromatic heterocycles. The summed E-state index contributed by atoms with van der Waals surface area (Å²) in [5.41, 5.74) is 1.36. The highest BCUT2D eigenvalue weighted by molar-refractivity contribution is 9.10.